The van der Waals surface area contributed by atoms with Gasteiger partial charge in [0.2, 0.25) is 10.0 Å². The topological polar surface area (TPSA) is 40.6 Å². The molecule has 1 aliphatic rings. The highest BCUT2D eigenvalue weighted by Gasteiger charge is 2.24. The summed E-state index contributed by atoms with van der Waals surface area (Å²) in [5, 5.41) is 1.30. The van der Waals surface area contributed by atoms with Crippen LogP contribution in [0.2, 0.25) is 0 Å². The van der Waals surface area contributed by atoms with E-state index in [2.05, 4.69) is 4.90 Å². The van der Waals surface area contributed by atoms with Crippen molar-refractivity contribution in [1.82, 2.24) is 4.31 Å². The predicted molar refractivity (Wildman–Crippen MR) is 94.5 cm³/mol. The van der Waals surface area contributed by atoms with E-state index >= 15 is 0 Å². The van der Waals surface area contributed by atoms with Crippen molar-refractivity contribution in [1.29, 1.82) is 0 Å². The summed E-state index contributed by atoms with van der Waals surface area (Å²) in [5.74, 6) is 0. The third-order valence-electron chi connectivity index (χ3n) is 4.03. The molecule has 0 bridgehead atoms. The second-order valence-corrected chi connectivity index (χ2v) is 7.46. The van der Waals surface area contributed by atoms with Gasteiger partial charge in [0.1, 0.15) is 0 Å². The zero-order valence-electron chi connectivity index (χ0n) is 13.1. The minimum absolute atomic E-state index is 0.405. The fraction of sp³-hybridized carbons (Fsp3) is 0.222. The van der Waals surface area contributed by atoms with Crippen molar-refractivity contribution in [2.24, 2.45) is 0 Å². The number of para-hydroxylation sites is 1. The Morgan fingerprint density at radius 3 is 2.43 bits per heavy atom. The molecule has 1 aliphatic heterocycles. The van der Waals surface area contributed by atoms with E-state index in [1.165, 1.54) is 9.71 Å². The van der Waals surface area contributed by atoms with Crippen molar-refractivity contribution in [3.63, 3.8) is 0 Å². The zero-order valence-corrected chi connectivity index (χ0v) is 13.9. The fourth-order valence-electron chi connectivity index (χ4n) is 2.70. The number of likely N-dealkylation sites (N-methyl/N-ethyl adjacent to an activating group) is 1. The van der Waals surface area contributed by atoms with Crippen LogP contribution < -0.4 is 4.90 Å². The fourth-order valence-corrected chi connectivity index (χ4v) is 3.86. The molecule has 1 heterocycles. The van der Waals surface area contributed by atoms with E-state index in [1.54, 1.807) is 6.08 Å². The van der Waals surface area contributed by atoms with Crippen LogP contribution in [0.1, 0.15) is 11.1 Å². The highest BCUT2D eigenvalue weighted by molar-refractivity contribution is 7.92. The van der Waals surface area contributed by atoms with Gasteiger partial charge < -0.3 is 4.90 Å². The molecule has 0 radical (unpaired) electrons. The van der Waals surface area contributed by atoms with Crippen LogP contribution in [0.3, 0.4) is 0 Å². The van der Waals surface area contributed by atoms with E-state index in [0.29, 0.717) is 19.6 Å². The van der Waals surface area contributed by atoms with Crippen LogP contribution in [0.15, 0.2) is 60.0 Å². The van der Waals surface area contributed by atoms with Gasteiger partial charge in [0, 0.05) is 37.8 Å². The molecule has 0 spiro atoms. The SMILES string of the molecule is CN1CCN(S(=O)(=O)C=Cc2ccccc2)Cc2ccccc21. The van der Waals surface area contributed by atoms with E-state index < -0.39 is 10.0 Å². The molecule has 0 saturated carbocycles. The van der Waals surface area contributed by atoms with Crippen LogP contribution in [0, 0.1) is 0 Å². The first-order chi connectivity index (χ1) is 11.1. The van der Waals surface area contributed by atoms with Gasteiger partial charge in [-0.15, -0.1) is 0 Å². The molecule has 2 aromatic carbocycles. The number of hydrogen-bond donors (Lipinski definition) is 0. The molecule has 0 aromatic heterocycles. The summed E-state index contributed by atoms with van der Waals surface area (Å²) in [6.07, 6.45) is 1.65. The van der Waals surface area contributed by atoms with Crippen molar-refractivity contribution < 1.29 is 8.42 Å². The van der Waals surface area contributed by atoms with Crippen LogP contribution in [0.4, 0.5) is 5.69 Å². The number of rotatable bonds is 3. The Kier molecular flexibility index (Phi) is 4.50. The Morgan fingerprint density at radius 2 is 1.65 bits per heavy atom. The Morgan fingerprint density at radius 1 is 0.957 bits per heavy atom. The number of hydrogen-bond acceptors (Lipinski definition) is 3. The molecule has 0 aliphatic carbocycles. The zero-order chi connectivity index (χ0) is 16.3. The van der Waals surface area contributed by atoms with E-state index in [-0.39, 0.29) is 0 Å². The van der Waals surface area contributed by atoms with E-state index in [9.17, 15) is 8.42 Å². The quantitative estimate of drug-likeness (QED) is 0.870. The van der Waals surface area contributed by atoms with Crippen LogP contribution in [-0.4, -0.2) is 32.9 Å². The molecule has 0 atom stereocenters. The van der Waals surface area contributed by atoms with E-state index in [4.69, 9.17) is 0 Å². The predicted octanol–water partition coefficient (Wildman–Crippen LogP) is 2.94. The maximum Gasteiger partial charge on any atom is 0.236 e. The first-order valence-corrected chi connectivity index (χ1v) is 9.09. The molecule has 120 valence electrons. The van der Waals surface area contributed by atoms with Crippen LogP contribution >= 0.6 is 0 Å². The van der Waals surface area contributed by atoms with Crippen LogP contribution in [0.5, 0.6) is 0 Å². The first kappa shape index (κ1) is 15.8. The Labute approximate surface area is 137 Å². The average Bonchev–Trinajstić information content (AvgIpc) is 2.74. The molecule has 0 N–H and O–H groups in total. The van der Waals surface area contributed by atoms with Gasteiger partial charge in [0.05, 0.1) is 0 Å². The second kappa shape index (κ2) is 6.56. The summed E-state index contributed by atoms with van der Waals surface area (Å²) in [4.78, 5) is 2.10. The Balaban J connectivity index is 1.85. The molecule has 0 saturated heterocycles. The van der Waals surface area contributed by atoms with Gasteiger partial charge >= 0.3 is 0 Å². The van der Waals surface area contributed by atoms with Crippen molar-refractivity contribution in [2.45, 2.75) is 6.54 Å². The summed E-state index contributed by atoms with van der Waals surface area (Å²) in [6, 6.07) is 17.4. The molecule has 2 aromatic rings. The summed E-state index contributed by atoms with van der Waals surface area (Å²) < 4.78 is 26.8. The molecule has 23 heavy (non-hydrogen) atoms. The van der Waals surface area contributed by atoms with Crippen LogP contribution in [-0.2, 0) is 16.6 Å². The Bertz CT molecular complexity index is 801. The lowest BCUT2D eigenvalue weighted by Crippen LogP contribution is -2.33. The van der Waals surface area contributed by atoms with Gasteiger partial charge in [-0.25, -0.2) is 8.42 Å². The lowest BCUT2D eigenvalue weighted by atomic mass is 10.1. The second-order valence-electron chi connectivity index (χ2n) is 5.64. The molecule has 4 nitrogen and oxygen atoms in total. The van der Waals surface area contributed by atoms with E-state index in [0.717, 1.165) is 16.8 Å². The minimum atomic E-state index is -3.44. The molecule has 0 amide bonds. The van der Waals surface area contributed by atoms with Crippen molar-refractivity contribution in [2.75, 3.05) is 25.0 Å². The van der Waals surface area contributed by atoms with Crippen molar-refractivity contribution >= 4 is 21.8 Å². The Hall–Kier alpha value is -2.11. The monoisotopic (exact) mass is 328 g/mol. The maximum absolute atomic E-state index is 12.6. The standard InChI is InChI=1S/C18H20N2O2S/c1-19-12-13-20(15-17-9-5-6-10-18(17)19)23(21,22)14-11-16-7-3-2-4-8-16/h2-11,14H,12-13,15H2,1H3. The third kappa shape index (κ3) is 3.63. The van der Waals surface area contributed by atoms with Gasteiger partial charge in [-0.2, -0.15) is 4.31 Å². The highest BCUT2D eigenvalue weighted by atomic mass is 32.2. The van der Waals surface area contributed by atoms with Gasteiger partial charge in [-0.05, 0) is 23.3 Å². The molecule has 3 rings (SSSR count). The van der Waals surface area contributed by atoms with Gasteiger partial charge in [-0.3, -0.25) is 0 Å². The molecule has 5 heteroatoms. The number of anilines is 1. The molecular formula is C18H20N2O2S. The lowest BCUT2D eigenvalue weighted by Gasteiger charge is -2.19. The molecular weight excluding hydrogens is 308 g/mol. The largest absolute Gasteiger partial charge is 0.373 e. The van der Waals surface area contributed by atoms with Crippen molar-refractivity contribution in [3.05, 3.63) is 71.1 Å². The smallest absolute Gasteiger partial charge is 0.236 e. The number of benzene rings is 2. The lowest BCUT2D eigenvalue weighted by molar-refractivity contribution is 0.427. The third-order valence-corrected chi connectivity index (χ3v) is 5.54. The van der Waals surface area contributed by atoms with Crippen LogP contribution in [0.25, 0.3) is 6.08 Å². The first-order valence-electron chi connectivity index (χ1n) is 7.58. The highest BCUT2D eigenvalue weighted by Crippen LogP contribution is 2.25. The van der Waals surface area contributed by atoms with Crippen molar-refractivity contribution in [3.8, 4) is 0 Å². The number of nitrogens with zero attached hydrogens (tertiary/aromatic N) is 2. The molecule has 0 unspecified atom stereocenters. The van der Waals surface area contributed by atoms with Gasteiger partial charge in [-0.1, -0.05) is 48.5 Å². The minimum Gasteiger partial charge on any atom is -0.373 e. The maximum atomic E-state index is 12.6. The summed E-state index contributed by atoms with van der Waals surface area (Å²) in [6.45, 7) is 1.56. The summed E-state index contributed by atoms with van der Waals surface area (Å²) in [7, 11) is -1.45. The summed E-state index contributed by atoms with van der Waals surface area (Å²) >= 11 is 0. The average molecular weight is 328 g/mol. The summed E-state index contributed by atoms with van der Waals surface area (Å²) in [5.41, 5.74) is 3.00. The normalized spacial score (nSPS) is 16.3. The molecule has 0 fully saturated rings. The number of sulfonamides is 1. The van der Waals surface area contributed by atoms with Gasteiger partial charge in [0.25, 0.3) is 0 Å². The van der Waals surface area contributed by atoms with E-state index in [1.807, 2.05) is 61.6 Å². The van der Waals surface area contributed by atoms with Gasteiger partial charge in [0.15, 0.2) is 0 Å². The number of fused-ring (bicyclic) bond motifs is 1.